The number of aryl methyl sites for hydroxylation is 1. The van der Waals surface area contributed by atoms with E-state index < -0.39 is 12.1 Å². The van der Waals surface area contributed by atoms with Crippen LogP contribution in [0, 0.1) is 6.92 Å². The van der Waals surface area contributed by atoms with Crippen molar-refractivity contribution in [2.24, 2.45) is 0 Å². The lowest BCUT2D eigenvalue weighted by molar-refractivity contribution is -0.152. The van der Waals surface area contributed by atoms with Crippen molar-refractivity contribution in [1.82, 2.24) is 0 Å². The molecular weight excluding hydrogens is 388 g/mol. The van der Waals surface area contributed by atoms with E-state index in [4.69, 9.17) is 23.4 Å². The van der Waals surface area contributed by atoms with E-state index in [1.807, 2.05) is 26.0 Å². The minimum Gasteiger partial charge on any atom is -0.479 e. The van der Waals surface area contributed by atoms with Crippen LogP contribution in [0.25, 0.3) is 11.0 Å². The standard InChI is InChI=1S/C23H24O7/c1-4-26-11-12-27-23(25)16(3)29-18-9-10-19-20(13-18)28-14-21(22(19)24)30-17-7-5-15(2)6-8-17/h5-10,13-14,16H,4,11-12H2,1-3H3. The van der Waals surface area contributed by atoms with Crippen molar-refractivity contribution in [3.05, 3.63) is 64.5 Å². The topological polar surface area (TPSA) is 84.2 Å². The Morgan fingerprint density at radius 1 is 1.07 bits per heavy atom. The van der Waals surface area contributed by atoms with Crippen molar-refractivity contribution >= 4 is 16.9 Å². The Labute approximate surface area is 174 Å². The molecule has 158 valence electrons. The summed E-state index contributed by atoms with van der Waals surface area (Å²) in [7, 11) is 0. The molecule has 0 N–H and O–H groups in total. The fourth-order valence-corrected chi connectivity index (χ4v) is 2.68. The number of esters is 1. The predicted octanol–water partition coefficient (Wildman–Crippen LogP) is 4.24. The molecule has 1 heterocycles. The van der Waals surface area contributed by atoms with Crippen molar-refractivity contribution in [3.8, 4) is 17.2 Å². The molecule has 1 aromatic heterocycles. The first kappa shape index (κ1) is 21.4. The number of fused-ring (bicyclic) bond motifs is 1. The molecule has 0 radical (unpaired) electrons. The van der Waals surface area contributed by atoms with Crippen molar-refractivity contribution in [3.63, 3.8) is 0 Å². The second-order valence-corrected chi connectivity index (χ2v) is 6.63. The molecule has 0 amide bonds. The lowest BCUT2D eigenvalue weighted by atomic mass is 10.2. The number of carbonyl (C=O) groups is 1. The van der Waals surface area contributed by atoms with Gasteiger partial charge in [0, 0.05) is 12.7 Å². The van der Waals surface area contributed by atoms with Gasteiger partial charge in [-0.3, -0.25) is 4.79 Å². The Balaban J connectivity index is 1.70. The fourth-order valence-electron chi connectivity index (χ4n) is 2.68. The van der Waals surface area contributed by atoms with Gasteiger partial charge in [0.1, 0.15) is 30.0 Å². The van der Waals surface area contributed by atoms with Gasteiger partial charge in [-0.15, -0.1) is 0 Å². The summed E-state index contributed by atoms with van der Waals surface area (Å²) in [5.41, 5.74) is 1.12. The van der Waals surface area contributed by atoms with E-state index >= 15 is 0 Å². The van der Waals surface area contributed by atoms with Crippen molar-refractivity contribution < 1.29 is 28.2 Å². The Morgan fingerprint density at radius 2 is 1.80 bits per heavy atom. The van der Waals surface area contributed by atoms with E-state index in [0.29, 0.717) is 35.7 Å². The highest BCUT2D eigenvalue weighted by Gasteiger charge is 2.17. The quantitative estimate of drug-likeness (QED) is 0.384. The number of hydrogen-bond donors (Lipinski definition) is 0. The van der Waals surface area contributed by atoms with Crippen LogP contribution in [0.5, 0.6) is 17.2 Å². The lowest BCUT2D eigenvalue weighted by Crippen LogP contribution is -2.27. The van der Waals surface area contributed by atoms with Crippen LogP contribution in [-0.4, -0.2) is 31.9 Å². The first-order chi connectivity index (χ1) is 14.5. The molecule has 3 rings (SSSR count). The van der Waals surface area contributed by atoms with E-state index in [1.165, 1.54) is 6.26 Å². The molecule has 0 bridgehead atoms. The summed E-state index contributed by atoms with van der Waals surface area (Å²) in [5.74, 6) is 0.514. The lowest BCUT2D eigenvalue weighted by Gasteiger charge is -2.14. The van der Waals surface area contributed by atoms with E-state index in [2.05, 4.69) is 0 Å². The minimum absolute atomic E-state index is 0.0891. The Kier molecular flexibility index (Phi) is 7.08. The Morgan fingerprint density at radius 3 is 2.53 bits per heavy atom. The first-order valence-electron chi connectivity index (χ1n) is 9.69. The van der Waals surface area contributed by atoms with Gasteiger partial charge in [-0.25, -0.2) is 4.79 Å². The van der Waals surface area contributed by atoms with E-state index in [9.17, 15) is 9.59 Å². The van der Waals surface area contributed by atoms with Gasteiger partial charge in [-0.1, -0.05) is 17.7 Å². The smallest absolute Gasteiger partial charge is 0.347 e. The monoisotopic (exact) mass is 412 g/mol. The van der Waals surface area contributed by atoms with Crippen LogP contribution in [0.4, 0.5) is 0 Å². The van der Waals surface area contributed by atoms with E-state index in [1.54, 1.807) is 37.3 Å². The average Bonchev–Trinajstić information content (AvgIpc) is 2.74. The highest BCUT2D eigenvalue weighted by molar-refractivity contribution is 5.79. The fraction of sp³-hybridized carbons (Fsp3) is 0.304. The zero-order chi connectivity index (χ0) is 21.5. The summed E-state index contributed by atoms with van der Waals surface area (Å²) in [6.45, 7) is 6.48. The highest BCUT2D eigenvalue weighted by atomic mass is 16.6. The van der Waals surface area contributed by atoms with Gasteiger partial charge in [-0.2, -0.15) is 0 Å². The Bertz CT molecular complexity index is 1050. The number of benzene rings is 2. The van der Waals surface area contributed by atoms with Gasteiger partial charge < -0.3 is 23.4 Å². The maximum Gasteiger partial charge on any atom is 0.347 e. The van der Waals surface area contributed by atoms with Crippen molar-refractivity contribution in [2.45, 2.75) is 26.9 Å². The average molecular weight is 412 g/mol. The molecular formula is C23H24O7. The molecule has 0 aliphatic heterocycles. The molecule has 30 heavy (non-hydrogen) atoms. The maximum absolute atomic E-state index is 12.7. The number of ether oxygens (including phenoxy) is 4. The van der Waals surface area contributed by atoms with Crippen LogP contribution in [0.1, 0.15) is 19.4 Å². The second-order valence-electron chi connectivity index (χ2n) is 6.63. The first-order valence-corrected chi connectivity index (χ1v) is 9.69. The van der Waals surface area contributed by atoms with Gasteiger partial charge in [-0.05, 0) is 45.0 Å². The van der Waals surface area contributed by atoms with Crippen LogP contribution in [-0.2, 0) is 14.3 Å². The largest absolute Gasteiger partial charge is 0.479 e. The van der Waals surface area contributed by atoms with Crippen molar-refractivity contribution in [1.29, 1.82) is 0 Å². The van der Waals surface area contributed by atoms with E-state index in [-0.39, 0.29) is 17.8 Å². The predicted molar refractivity (Wildman–Crippen MR) is 111 cm³/mol. The summed E-state index contributed by atoms with van der Waals surface area (Å²) in [5, 5.41) is 0.346. The van der Waals surface area contributed by atoms with Gasteiger partial charge in [0.05, 0.1) is 12.0 Å². The Hall–Kier alpha value is -3.32. The van der Waals surface area contributed by atoms with Crippen molar-refractivity contribution in [2.75, 3.05) is 19.8 Å². The number of rotatable bonds is 9. The van der Waals surface area contributed by atoms with Gasteiger partial charge in [0.15, 0.2) is 6.10 Å². The molecule has 1 unspecified atom stereocenters. The molecule has 0 aliphatic carbocycles. The molecule has 2 aromatic carbocycles. The normalized spacial score (nSPS) is 11.8. The van der Waals surface area contributed by atoms with Crippen LogP contribution in [0.15, 0.2) is 57.9 Å². The second kappa shape index (κ2) is 9.93. The molecule has 7 nitrogen and oxygen atoms in total. The van der Waals surface area contributed by atoms with Crippen LogP contribution < -0.4 is 14.9 Å². The maximum atomic E-state index is 12.7. The molecule has 0 saturated heterocycles. The van der Waals surface area contributed by atoms with E-state index in [0.717, 1.165) is 5.56 Å². The summed E-state index contributed by atoms with van der Waals surface area (Å²) in [6, 6.07) is 12.1. The SMILES string of the molecule is CCOCCOC(=O)C(C)Oc1ccc2c(=O)c(Oc3ccc(C)cc3)coc2c1. The summed E-state index contributed by atoms with van der Waals surface area (Å²) >= 11 is 0. The number of carbonyl (C=O) groups excluding carboxylic acids is 1. The third-order valence-corrected chi connectivity index (χ3v) is 4.28. The summed E-state index contributed by atoms with van der Waals surface area (Å²) < 4.78 is 27.0. The molecule has 3 aromatic rings. The molecule has 0 aliphatic rings. The summed E-state index contributed by atoms with van der Waals surface area (Å²) in [4.78, 5) is 24.7. The third-order valence-electron chi connectivity index (χ3n) is 4.28. The molecule has 7 heteroatoms. The molecule has 0 spiro atoms. The third kappa shape index (κ3) is 5.39. The molecule has 0 fully saturated rings. The van der Waals surface area contributed by atoms with Gasteiger partial charge in [0.2, 0.25) is 11.2 Å². The van der Waals surface area contributed by atoms with Crippen LogP contribution in [0.2, 0.25) is 0 Å². The molecule has 0 saturated carbocycles. The molecule has 1 atom stereocenters. The zero-order valence-corrected chi connectivity index (χ0v) is 17.2. The van der Waals surface area contributed by atoms with Gasteiger partial charge in [0.25, 0.3) is 0 Å². The van der Waals surface area contributed by atoms with Crippen LogP contribution in [0.3, 0.4) is 0 Å². The van der Waals surface area contributed by atoms with Gasteiger partial charge >= 0.3 is 5.97 Å². The zero-order valence-electron chi connectivity index (χ0n) is 17.2. The minimum atomic E-state index is -0.819. The number of hydrogen-bond acceptors (Lipinski definition) is 7. The highest BCUT2D eigenvalue weighted by Crippen LogP contribution is 2.24. The van der Waals surface area contributed by atoms with Crippen LogP contribution >= 0.6 is 0 Å². The summed E-state index contributed by atoms with van der Waals surface area (Å²) in [6.07, 6.45) is 0.444.